The number of halogens is 2. The number of ether oxygens (including phenoxy) is 3. The third kappa shape index (κ3) is 5.75. The maximum Gasteiger partial charge on any atom is 0.410 e. The predicted molar refractivity (Wildman–Crippen MR) is 127 cm³/mol. The first-order chi connectivity index (χ1) is 17.5. The summed E-state index contributed by atoms with van der Waals surface area (Å²) in [6.07, 6.45) is -0.259. The van der Waals surface area contributed by atoms with Crippen molar-refractivity contribution in [2.24, 2.45) is 0 Å². The molecule has 0 unspecified atom stereocenters. The lowest BCUT2D eigenvalue weighted by atomic mass is 9.98. The molecule has 0 spiro atoms. The van der Waals surface area contributed by atoms with Crippen molar-refractivity contribution in [3.63, 3.8) is 0 Å². The number of benzene rings is 1. The number of methoxy groups -OCH3 is 3. The van der Waals surface area contributed by atoms with Gasteiger partial charge in [0.2, 0.25) is 0 Å². The van der Waals surface area contributed by atoms with Crippen LogP contribution in [0.5, 0.6) is 0 Å². The highest BCUT2D eigenvalue weighted by Crippen LogP contribution is 2.33. The van der Waals surface area contributed by atoms with Crippen molar-refractivity contribution in [1.82, 2.24) is 14.3 Å². The summed E-state index contributed by atoms with van der Waals surface area (Å²) < 4.78 is 46.6. The largest absolute Gasteiger partial charge is 0.478 e. The van der Waals surface area contributed by atoms with E-state index in [1.165, 1.54) is 28.3 Å². The van der Waals surface area contributed by atoms with E-state index in [1.807, 2.05) is 6.92 Å². The number of aromatic carboxylic acids is 1. The van der Waals surface area contributed by atoms with E-state index >= 15 is 4.39 Å². The number of hydrogen-bond acceptors (Lipinski definition) is 7. The van der Waals surface area contributed by atoms with E-state index in [9.17, 15) is 23.9 Å². The van der Waals surface area contributed by atoms with E-state index in [4.69, 9.17) is 14.2 Å². The number of carboxylic acid groups (broad SMARTS) is 1. The Morgan fingerprint density at radius 2 is 1.81 bits per heavy atom. The number of nitrogens with zero attached hydrogens (tertiary/aromatic N) is 3. The average Bonchev–Trinajstić information content (AvgIpc) is 3.19. The van der Waals surface area contributed by atoms with E-state index in [1.54, 1.807) is 22.7 Å². The maximum absolute atomic E-state index is 15.2. The van der Waals surface area contributed by atoms with E-state index in [0.29, 0.717) is 11.7 Å². The Morgan fingerprint density at radius 1 is 1.14 bits per heavy atom. The van der Waals surface area contributed by atoms with Crippen LogP contribution in [0.15, 0.2) is 24.4 Å². The first-order valence-corrected chi connectivity index (χ1v) is 11.1. The zero-order chi connectivity index (χ0) is 27.4. The third-order valence-corrected chi connectivity index (χ3v) is 5.86. The highest BCUT2D eigenvalue weighted by atomic mass is 19.1. The molecule has 0 fully saturated rings. The molecule has 0 bridgehead atoms. The molecule has 3 rings (SSSR count). The smallest absolute Gasteiger partial charge is 0.410 e. The Bertz CT molecular complexity index is 1350. The third-order valence-electron chi connectivity index (χ3n) is 5.86. The molecule has 0 saturated carbocycles. The van der Waals surface area contributed by atoms with Crippen molar-refractivity contribution in [2.45, 2.75) is 26.6 Å². The van der Waals surface area contributed by atoms with Crippen molar-refractivity contribution in [1.29, 1.82) is 0 Å². The summed E-state index contributed by atoms with van der Waals surface area (Å²) in [5.41, 5.74) is 0.123. The molecule has 0 aliphatic rings. The molecule has 1 N–H and O–H groups in total. The number of fused-ring (bicyclic) bond motifs is 1. The fraction of sp³-hybridized carbons (Fsp3) is 0.360. The van der Waals surface area contributed by atoms with Crippen LogP contribution in [0.1, 0.15) is 27.2 Å². The Morgan fingerprint density at radius 3 is 2.41 bits per heavy atom. The highest BCUT2D eigenvalue weighted by molar-refractivity contribution is 5.91. The fourth-order valence-corrected chi connectivity index (χ4v) is 3.98. The van der Waals surface area contributed by atoms with E-state index in [-0.39, 0.29) is 42.0 Å². The van der Waals surface area contributed by atoms with Crippen molar-refractivity contribution in [2.75, 3.05) is 34.4 Å². The molecule has 2 aromatic heterocycles. The van der Waals surface area contributed by atoms with Crippen molar-refractivity contribution in [3.8, 4) is 11.3 Å². The van der Waals surface area contributed by atoms with E-state index in [2.05, 4.69) is 4.98 Å². The normalized spacial score (nSPS) is 11.2. The van der Waals surface area contributed by atoms with Crippen LogP contribution in [0.3, 0.4) is 0 Å². The van der Waals surface area contributed by atoms with Gasteiger partial charge in [0.15, 0.2) is 12.1 Å². The van der Waals surface area contributed by atoms with Crippen molar-refractivity contribution >= 4 is 23.5 Å². The standard InChI is InChI=1S/C25H27F2N3O7/c1-13-6-7-30-18(9-15(31)11-29(25(34)37-5)12-20(35-3)36-4)23(28-19(30)8-13)21-14(2)22(27)16(24(32)33)10-17(21)26/h6-8,10,20H,9,11-12H2,1-5H3,(H,32,33). The van der Waals surface area contributed by atoms with Gasteiger partial charge in [-0.15, -0.1) is 0 Å². The molecular weight excluding hydrogens is 492 g/mol. The van der Waals surface area contributed by atoms with Gasteiger partial charge in [-0.05, 0) is 43.2 Å². The summed E-state index contributed by atoms with van der Waals surface area (Å²) in [5.74, 6) is -4.16. The van der Waals surface area contributed by atoms with Gasteiger partial charge in [0.05, 0.1) is 43.6 Å². The minimum absolute atomic E-state index is 0.0129. The minimum Gasteiger partial charge on any atom is -0.478 e. The zero-order valence-corrected chi connectivity index (χ0v) is 21.0. The van der Waals surface area contributed by atoms with Gasteiger partial charge in [-0.25, -0.2) is 23.4 Å². The number of carbonyl (C=O) groups is 3. The number of carbonyl (C=O) groups excluding carboxylic acids is 2. The molecule has 0 aliphatic heterocycles. The van der Waals surface area contributed by atoms with Crippen LogP contribution in [0.2, 0.25) is 0 Å². The molecule has 0 radical (unpaired) electrons. The molecule has 10 nitrogen and oxygen atoms in total. The van der Waals surface area contributed by atoms with E-state index < -0.39 is 41.3 Å². The summed E-state index contributed by atoms with van der Waals surface area (Å²) in [6, 6.07) is 4.05. The van der Waals surface area contributed by atoms with Crippen LogP contribution in [0.25, 0.3) is 16.9 Å². The molecule has 12 heteroatoms. The van der Waals surface area contributed by atoms with Crippen LogP contribution >= 0.6 is 0 Å². The maximum atomic E-state index is 15.2. The topological polar surface area (TPSA) is 120 Å². The second kappa shape index (κ2) is 11.4. The van der Waals surface area contributed by atoms with Gasteiger partial charge in [0, 0.05) is 26.0 Å². The molecule has 0 saturated heterocycles. The molecule has 1 amide bonds. The SMILES string of the molecule is COC(=O)N(CC(=O)Cc1c(-c2c(F)cc(C(=O)O)c(F)c2C)nc2cc(C)ccn12)CC(OC)OC. The highest BCUT2D eigenvalue weighted by Gasteiger charge is 2.28. The molecule has 1 aromatic carbocycles. The molecule has 2 heterocycles. The quantitative estimate of drug-likeness (QED) is 0.405. The van der Waals surface area contributed by atoms with Crippen molar-refractivity contribution < 1.29 is 42.5 Å². The van der Waals surface area contributed by atoms with Gasteiger partial charge >= 0.3 is 12.1 Å². The van der Waals surface area contributed by atoms with Gasteiger partial charge < -0.3 is 23.7 Å². The van der Waals surface area contributed by atoms with Gasteiger partial charge in [0.25, 0.3) is 0 Å². The number of aryl methyl sites for hydroxylation is 1. The molecule has 37 heavy (non-hydrogen) atoms. The molecule has 3 aromatic rings. The van der Waals surface area contributed by atoms with Crippen LogP contribution in [-0.4, -0.2) is 77.9 Å². The molecular formula is C25H27F2N3O7. The Kier molecular flexibility index (Phi) is 8.56. The average molecular weight is 520 g/mol. The van der Waals surface area contributed by atoms with Crippen LogP contribution < -0.4 is 0 Å². The number of imidazole rings is 1. The molecule has 0 atom stereocenters. The zero-order valence-electron chi connectivity index (χ0n) is 21.0. The lowest BCUT2D eigenvalue weighted by molar-refractivity contribution is -0.125. The predicted octanol–water partition coefficient (Wildman–Crippen LogP) is 3.39. The van der Waals surface area contributed by atoms with Crippen LogP contribution in [0, 0.1) is 25.5 Å². The number of Topliss-reactive ketones (excluding diaryl/α,β-unsaturated/α-hetero) is 1. The number of pyridine rings is 1. The Balaban J connectivity index is 2.08. The lowest BCUT2D eigenvalue weighted by Gasteiger charge is -2.24. The number of rotatable bonds is 10. The lowest BCUT2D eigenvalue weighted by Crippen LogP contribution is -2.42. The Hall–Kier alpha value is -3.90. The van der Waals surface area contributed by atoms with Gasteiger partial charge in [0.1, 0.15) is 17.3 Å². The Labute approximate surface area is 211 Å². The monoisotopic (exact) mass is 519 g/mol. The first kappa shape index (κ1) is 27.7. The van der Waals surface area contributed by atoms with Gasteiger partial charge in [-0.2, -0.15) is 0 Å². The summed E-state index contributed by atoms with van der Waals surface area (Å²) in [7, 11) is 3.92. The number of aromatic nitrogens is 2. The van der Waals surface area contributed by atoms with Crippen LogP contribution in [0.4, 0.5) is 13.6 Å². The van der Waals surface area contributed by atoms with E-state index in [0.717, 1.165) is 10.5 Å². The van der Waals surface area contributed by atoms with Gasteiger partial charge in [-0.3, -0.25) is 9.69 Å². The number of carboxylic acids is 1. The van der Waals surface area contributed by atoms with Gasteiger partial charge in [-0.1, -0.05) is 0 Å². The number of hydrogen-bond donors (Lipinski definition) is 1. The second-order valence-corrected chi connectivity index (χ2v) is 8.33. The number of amides is 1. The number of ketones is 1. The first-order valence-electron chi connectivity index (χ1n) is 11.1. The summed E-state index contributed by atoms with van der Waals surface area (Å²) in [5, 5.41) is 9.21. The molecule has 198 valence electrons. The summed E-state index contributed by atoms with van der Waals surface area (Å²) in [4.78, 5) is 42.3. The summed E-state index contributed by atoms with van der Waals surface area (Å²) in [6.45, 7) is 2.58. The second-order valence-electron chi connectivity index (χ2n) is 8.33. The van der Waals surface area contributed by atoms with Crippen molar-refractivity contribution in [3.05, 3.63) is 58.4 Å². The van der Waals surface area contributed by atoms with Crippen LogP contribution in [-0.2, 0) is 25.4 Å². The fourth-order valence-electron chi connectivity index (χ4n) is 3.98. The summed E-state index contributed by atoms with van der Waals surface area (Å²) >= 11 is 0. The minimum atomic E-state index is -1.61. The molecule has 0 aliphatic carbocycles.